The van der Waals surface area contributed by atoms with E-state index in [1.165, 1.54) is 0 Å². The lowest BCUT2D eigenvalue weighted by molar-refractivity contribution is 0.0984. The molecule has 24 heavy (non-hydrogen) atoms. The molecular weight excluding hydrogens is 372 g/mol. The van der Waals surface area contributed by atoms with Crippen LogP contribution in [0.4, 0.5) is 5.82 Å². The van der Waals surface area contributed by atoms with Gasteiger partial charge in [-0.2, -0.15) is 5.10 Å². The fraction of sp³-hybridized carbons (Fsp3) is 0.438. The molecule has 0 unspecified atom stereocenters. The summed E-state index contributed by atoms with van der Waals surface area (Å²) in [5, 5.41) is 4.27. The summed E-state index contributed by atoms with van der Waals surface area (Å²) in [7, 11) is 1.93. The maximum Gasteiger partial charge on any atom is 0.173 e. The summed E-state index contributed by atoms with van der Waals surface area (Å²) in [6.07, 6.45) is 1.79. The number of morpholine rings is 1. The summed E-state index contributed by atoms with van der Waals surface area (Å²) in [5.74, 6) is 2.00. The van der Waals surface area contributed by atoms with Crippen molar-refractivity contribution in [3.8, 4) is 11.4 Å². The van der Waals surface area contributed by atoms with Gasteiger partial charge in [0.05, 0.1) is 30.6 Å². The van der Waals surface area contributed by atoms with E-state index in [2.05, 4.69) is 48.3 Å². The minimum absolute atomic E-state index is 0.296. The highest BCUT2D eigenvalue weighted by Gasteiger charge is 2.24. The lowest BCUT2D eigenvalue weighted by Gasteiger charge is -2.35. The molecule has 0 bridgehead atoms. The van der Waals surface area contributed by atoms with Gasteiger partial charge in [0.2, 0.25) is 0 Å². The van der Waals surface area contributed by atoms with E-state index >= 15 is 0 Å². The first-order chi connectivity index (χ1) is 11.6. The van der Waals surface area contributed by atoms with Crippen LogP contribution < -0.4 is 4.90 Å². The average molecular weight is 391 g/mol. The summed E-state index contributed by atoms with van der Waals surface area (Å²) in [4.78, 5) is 11.7. The van der Waals surface area contributed by atoms with Crippen molar-refractivity contribution in [3.63, 3.8) is 0 Å². The van der Waals surface area contributed by atoms with Crippen LogP contribution in [0, 0.1) is 6.92 Å². The number of ether oxygens (including phenoxy) is 1. The molecule has 4 heterocycles. The van der Waals surface area contributed by atoms with E-state index < -0.39 is 0 Å². The van der Waals surface area contributed by atoms with Crippen LogP contribution >= 0.6 is 15.9 Å². The normalized spacial score (nSPS) is 18.5. The molecule has 1 aliphatic heterocycles. The van der Waals surface area contributed by atoms with Crippen LogP contribution in [-0.2, 0) is 11.8 Å². The van der Waals surface area contributed by atoms with Crippen LogP contribution in [0.2, 0.25) is 0 Å². The lowest BCUT2D eigenvalue weighted by atomic mass is 10.2. The Morgan fingerprint density at radius 1 is 1.33 bits per heavy atom. The zero-order chi connectivity index (χ0) is 16.8. The summed E-state index contributed by atoms with van der Waals surface area (Å²) in [6.45, 7) is 6.47. The third-order valence-corrected chi connectivity index (χ3v) is 4.98. The van der Waals surface area contributed by atoms with Crippen LogP contribution in [-0.4, -0.2) is 49.9 Å². The SMILES string of the molecule is Cc1nc(Br)c2nc(-c3ccnn3C)cc(N3CCOC[C@H]3C)n12. The van der Waals surface area contributed by atoms with Gasteiger partial charge in [0.15, 0.2) is 10.3 Å². The zero-order valence-electron chi connectivity index (χ0n) is 13.9. The Kier molecular flexibility index (Phi) is 3.80. The molecule has 0 amide bonds. The summed E-state index contributed by atoms with van der Waals surface area (Å²) in [6, 6.07) is 4.39. The monoisotopic (exact) mass is 390 g/mol. The molecule has 0 aromatic carbocycles. The molecule has 1 saturated heterocycles. The quantitative estimate of drug-likeness (QED) is 0.672. The predicted molar refractivity (Wildman–Crippen MR) is 95.3 cm³/mol. The third kappa shape index (κ3) is 2.41. The highest BCUT2D eigenvalue weighted by Crippen LogP contribution is 2.30. The van der Waals surface area contributed by atoms with E-state index in [1.54, 1.807) is 6.20 Å². The predicted octanol–water partition coefficient (Wildman–Crippen LogP) is 2.43. The number of hydrogen-bond donors (Lipinski definition) is 0. The number of fused-ring (bicyclic) bond motifs is 1. The molecule has 0 radical (unpaired) electrons. The minimum Gasteiger partial charge on any atom is -0.377 e. The van der Waals surface area contributed by atoms with Crippen molar-refractivity contribution in [3.05, 3.63) is 28.8 Å². The van der Waals surface area contributed by atoms with Crippen LogP contribution in [0.5, 0.6) is 0 Å². The Labute approximate surface area is 148 Å². The molecule has 0 saturated carbocycles. The largest absolute Gasteiger partial charge is 0.377 e. The van der Waals surface area contributed by atoms with Gasteiger partial charge in [0, 0.05) is 25.9 Å². The molecule has 0 aliphatic carbocycles. The van der Waals surface area contributed by atoms with Gasteiger partial charge in [-0.05, 0) is 35.8 Å². The summed E-state index contributed by atoms with van der Waals surface area (Å²) >= 11 is 3.55. The van der Waals surface area contributed by atoms with Crippen molar-refractivity contribution < 1.29 is 4.74 Å². The van der Waals surface area contributed by atoms with Crippen LogP contribution in [0.3, 0.4) is 0 Å². The van der Waals surface area contributed by atoms with Gasteiger partial charge in [0.1, 0.15) is 11.6 Å². The lowest BCUT2D eigenvalue weighted by Crippen LogP contribution is -2.44. The molecular formula is C16H19BrN6O. The van der Waals surface area contributed by atoms with E-state index in [1.807, 2.05) is 24.7 Å². The topological polar surface area (TPSA) is 60.5 Å². The number of anilines is 1. The first-order valence-electron chi connectivity index (χ1n) is 7.94. The van der Waals surface area contributed by atoms with Gasteiger partial charge in [-0.1, -0.05) is 0 Å². The first-order valence-corrected chi connectivity index (χ1v) is 8.74. The van der Waals surface area contributed by atoms with Crippen LogP contribution in [0.25, 0.3) is 17.0 Å². The second kappa shape index (κ2) is 5.86. The van der Waals surface area contributed by atoms with Gasteiger partial charge in [-0.25, -0.2) is 9.97 Å². The number of rotatable bonds is 2. The molecule has 1 atom stereocenters. The van der Waals surface area contributed by atoms with E-state index in [0.717, 1.165) is 53.0 Å². The van der Waals surface area contributed by atoms with Crippen molar-refractivity contribution in [1.82, 2.24) is 24.1 Å². The molecule has 4 rings (SSSR count). The van der Waals surface area contributed by atoms with E-state index in [-0.39, 0.29) is 0 Å². The van der Waals surface area contributed by atoms with Gasteiger partial charge in [0.25, 0.3) is 0 Å². The molecule has 0 N–H and O–H groups in total. The van der Waals surface area contributed by atoms with Gasteiger partial charge >= 0.3 is 0 Å². The number of halogens is 1. The third-order valence-electron chi connectivity index (χ3n) is 4.45. The van der Waals surface area contributed by atoms with E-state index in [9.17, 15) is 0 Å². The molecule has 1 aliphatic rings. The fourth-order valence-electron chi connectivity index (χ4n) is 3.23. The highest BCUT2D eigenvalue weighted by atomic mass is 79.9. The standard InChI is InChI=1S/C16H19BrN6O/c1-10-9-24-7-6-22(10)14-8-12(13-4-5-18-21(13)3)20-16-15(17)19-11(2)23(14)16/h4-5,8,10H,6-7,9H2,1-3H3/t10-/m1/s1. The maximum atomic E-state index is 5.60. The number of nitrogens with zero attached hydrogens (tertiary/aromatic N) is 6. The number of aryl methyl sites for hydroxylation is 2. The fourth-order valence-corrected chi connectivity index (χ4v) is 3.75. The smallest absolute Gasteiger partial charge is 0.173 e. The van der Waals surface area contributed by atoms with Gasteiger partial charge in [-0.15, -0.1) is 0 Å². The second-order valence-corrected chi connectivity index (χ2v) is 6.82. The van der Waals surface area contributed by atoms with Crippen LogP contribution in [0.1, 0.15) is 12.7 Å². The number of aromatic nitrogens is 5. The van der Waals surface area contributed by atoms with E-state index in [0.29, 0.717) is 6.04 Å². The molecule has 8 heteroatoms. The molecule has 126 valence electrons. The van der Waals surface area contributed by atoms with Crippen molar-refractivity contribution >= 4 is 27.4 Å². The average Bonchev–Trinajstić information content (AvgIpc) is 3.11. The van der Waals surface area contributed by atoms with Crippen molar-refractivity contribution in [2.45, 2.75) is 19.9 Å². The molecule has 7 nitrogen and oxygen atoms in total. The Balaban J connectivity index is 1.97. The Bertz CT molecular complexity index is 901. The van der Waals surface area contributed by atoms with Crippen LogP contribution in [0.15, 0.2) is 22.9 Å². The van der Waals surface area contributed by atoms with E-state index in [4.69, 9.17) is 9.72 Å². The molecule has 3 aromatic rings. The highest BCUT2D eigenvalue weighted by molar-refractivity contribution is 9.10. The van der Waals surface area contributed by atoms with Crippen molar-refractivity contribution in [2.24, 2.45) is 7.05 Å². The molecule has 3 aromatic heterocycles. The Morgan fingerprint density at radius 3 is 2.88 bits per heavy atom. The van der Waals surface area contributed by atoms with Gasteiger partial charge < -0.3 is 9.64 Å². The number of hydrogen-bond acceptors (Lipinski definition) is 5. The Morgan fingerprint density at radius 2 is 2.17 bits per heavy atom. The summed E-state index contributed by atoms with van der Waals surface area (Å²) < 4.78 is 10.3. The second-order valence-electron chi connectivity index (χ2n) is 6.07. The minimum atomic E-state index is 0.296. The molecule has 0 spiro atoms. The maximum absolute atomic E-state index is 5.60. The number of imidazole rings is 1. The Hall–Kier alpha value is -1.93. The van der Waals surface area contributed by atoms with Crippen molar-refractivity contribution in [2.75, 3.05) is 24.7 Å². The zero-order valence-corrected chi connectivity index (χ0v) is 15.5. The summed E-state index contributed by atoms with van der Waals surface area (Å²) in [5.41, 5.74) is 2.68. The first kappa shape index (κ1) is 15.6. The molecule has 1 fully saturated rings. The van der Waals surface area contributed by atoms with Gasteiger partial charge in [-0.3, -0.25) is 9.08 Å². The van der Waals surface area contributed by atoms with Crippen molar-refractivity contribution in [1.29, 1.82) is 0 Å².